The molecule has 0 aromatic carbocycles. The lowest BCUT2D eigenvalue weighted by Gasteiger charge is -2.06. The van der Waals surface area contributed by atoms with Gasteiger partial charge in [0.25, 0.3) is 0 Å². The van der Waals surface area contributed by atoms with Gasteiger partial charge in [-0.05, 0) is 32.9 Å². The van der Waals surface area contributed by atoms with Crippen molar-refractivity contribution in [2.24, 2.45) is 0 Å². The van der Waals surface area contributed by atoms with Crippen molar-refractivity contribution in [2.75, 3.05) is 26.8 Å². The van der Waals surface area contributed by atoms with Gasteiger partial charge in [-0.25, -0.2) is 0 Å². The molecule has 0 aliphatic carbocycles. The molecule has 0 aliphatic heterocycles. The molecule has 1 aromatic heterocycles. The van der Waals surface area contributed by atoms with Gasteiger partial charge in [0.2, 0.25) is 0 Å². The first-order valence-electron chi connectivity index (χ1n) is 5.44. The Kier molecular flexibility index (Phi) is 5.36. The summed E-state index contributed by atoms with van der Waals surface area (Å²) >= 11 is 0. The van der Waals surface area contributed by atoms with E-state index in [0.717, 1.165) is 38.4 Å². The van der Waals surface area contributed by atoms with Gasteiger partial charge in [-0.1, -0.05) is 0 Å². The molecular formula is C11H21N3O. The Balaban J connectivity index is 2.12. The Morgan fingerprint density at radius 3 is 2.80 bits per heavy atom. The summed E-state index contributed by atoms with van der Waals surface area (Å²) in [5, 5.41) is 7.76. The minimum Gasteiger partial charge on any atom is -0.385 e. The molecule has 4 nitrogen and oxygen atoms in total. The first-order chi connectivity index (χ1) is 7.24. The highest BCUT2D eigenvalue weighted by molar-refractivity contribution is 5.06. The molecule has 1 heterocycles. The van der Waals surface area contributed by atoms with Crippen LogP contribution < -0.4 is 5.32 Å². The van der Waals surface area contributed by atoms with Crippen LogP contribution in [0.2, 0.25) is 0 Å². The Morgan fingerprint density at radius 2 is 2.20 bits per heavy atom. The molecule has 0 saturated carbocycles. The fourth-order valence-corrected chi connectivity index (χ4v) is 1.55. The van der Waals surface area contributed by atoms with Crippen LogP contribution in [0.5, 0.6) is 0 Å². The van der Waals surface area contributed by atoms with Crippen LogP contribution in [-0.2, 0) is 11.3 Å². The summed E-state index contributed by atoms with van der Waals surface area (Å²) in [7, 11) is 1.73. The third-order valence-corrected chi connectivity index (χ3v) is 2.31. The highest BCUT2D eigenvalue weighted by Gasteiger charge is 1.99. The van der Waals surface area contributed by atoms with Gasteiger partial charge in [-0.3, -0.25) is 4.68 Å². The Hall–Kier alpha value is -0.870. The molecule has 86 valence electrons. The summed E-state index contributed by atoms with van der Waals surface area (Å²) in [6, 6.07) is 2.10. The van der Waals surface area contributed by atoms with Gasteiger partial charge in [0.05, 0.1) is 12.2 Å². The summed E-state index contributed by atoms with van der Waals surface area (Å²) in [6.07, 6.45) is 1.06. The van der Waals surface area contributed by atoms with Crippen molar-refractivity contribution >= 4 is 0 Å². The number of nitrogens with zero attached hydrogens (tertiary/aromatic N) is 2. The zero-order valence-electron chi connectivity index (χ0n) is 9.92. The van der Waals surface area contributed by atoms with Crippen LogP contribution in [-0.4, -0.2) is 36.6 Å². The molecule has 0 spiro atoms. The smallest absolute Gasteiger partial charge is 0.0596 e. The van der Waals surface area contributed by atoms with Crippen LogP contribution in [0.25, 0.3) is 0 Å². The third-order valence-electron chi connectivity index (χ3n) is 2.31. The molecule has 0 amide bonds. The summed E-state index contributed by atoms with van der Waals surface area (Å²) in [4.78, 5) is 0. The summed E-state index contributed by atoms with van der Waals surface area (Å²) in [5.74, 6) is 0. The summed E-state index contributed by atoms with van der Waals surface area (Å²) in [5.41, 5.74) is 2.32. The number of ether oxygens (including phenoxy) is 1. The molecular weight excluding hydrogens is 190 g/mol. The highest BCUT2D eigenvalue weighted by atomic mass is 16.5. The fourth-order valence-electron chi connectivity index (χ4n) is 1.55. The van der Waals surface area contributed by atoms with Crippen molar-refractivity contribution in [3.8, 4) is 0 Å². The van der Waals surface area contributed by atoms with E-state index in [1.54, 1.807) is 7.11 Å². The molecule has 0 bridgehead atoms. The first-order valence-corrected chi connectivity index (χ1v) is 5.44. The van der Waals surface area contributed by atoms with E-state index in [1.165, 1.54) is 5.69 Å². The maximum absolute atomic E-state index is 4.97. The first kappa shape index (κ1) is 12.2. The van der Waals surface area contributed by atoms with Crippen molar-refractivity contribution in [1.82, 2.24) is 15.1 Å². The van der Waals surface area contributed by atoms with Crippen molar-refractivity contribution in [3.63, 3.8) is 0 Å². The zero-order valence-corrected chi connectivity index (χ0v) is 9.92. The highest BCUT2D eigenvalue weighted by Crippen LogP contribution is 2.00. The van der Waals surface area contributed by atoms with Crippen LogP contribution in [0.15, 0.2) is 6.07 Å². The second-order valence-corrected chi connectivity index (χ2v) is 3.75. The molecule has 0 atom stereocenters. The molecule has 0 aliphatic rings. The number of hydrogen-bond acceptors (Lipinski definition) is 3. The molecule has 1 N–H and O–H groups in total. The van der Waals surface area contributed by atoms with E-state index in [1.807, 2.05) is 11.6 Å². The van der Waals surface area contributed by atoms with Gasteiger partial charge < -0.3 is 10.1 Å². The normalized spacial score (nSPS) is 10.9. The summed E-state index contributed by atoms with van der Waals surface area (Å²) in [6.45, 7) is 7.85. The van der Waals surface area contributed by atoms with Gasteiger partial charge in [0.15, 0.2) is 0 Å². The van der Waals surface area contributed by atoms with Crippen molar-refractivity contribution in [2.45, 2.75) is 26.8 Å². The Labute approximate surface area is 91.6 Å². The minimum atomic E-state index is 0.826. The van der Waals surface area contributed by atoms with Gasteiger partial charge in [-0.15, -0.1) is 0 Å². The number of methoxy groups -OCH3 is 1. The van der Waals surface area contributed by atoms with Crippen molar-refractivity contribution in [1.29, 1.82) is 0 Å². The molecule has 1 rings (SSSR count). The van der Waals surface area contributed by atoms with E-state index in [-0.39, 0.29) is 0 Å². The average molecular weight is 211 g/mol. The third kappa shape index (κ3) is 4.44. The average Bonchev–Trinajstić information content (AvgIpc) is 2.51. The van der Waals surface area contributed by atoms with Gasteiger partial charge in [-0.2, -0.15) is 5.10 Å². The lowest BCUT2D eigenvalue weighted by molar-refractivity contribution is 0.194. The monoisotopic (exact) mass is 211 g/mol. The maximum atomic E-state index is 4.97. The van der Waals surface area contributed by atoms with Crippen LogP contribution in [0.3, 0.4) is 0 Å². The van der Waals surface area contributed by atoms with E-state index < -0.39 is 0 Å². The Bertz CT molecular complexity index is 283. The van der Waals surface area contributed by atoms with Crippen molar-refractivity contribution < 1.29 is 4.74 Å². The fraction of sp³-hybridized carbons (Fsp3) is 0.727. The van der Waals surface area contributed by atoms with Gasteiger partial charge in [0, 0.05) is 26.0 Å². The van der Waals surface area contributed by atoms with E-state index in [9.17, 15) is 0 Å². The molecule has 0 saturated heterocycles. The van der Waals surface area contributed by atoms with E-state index >= 15 is 0 Å². The minimum absolute atomic E-state index is 0.826. The van der Waals surface area contributed by atoms with E-state index in [4.69, 9.17) is 4.74 Å². The molecule has 1 aromatic rings. The Morgan fingerprint density at radius 1 is 1.40 bits per heavy atom. The lowest BCUT2D eigenvalue weighted by atomic mass is 10.4. The molecule has 0 radical (unpaired) electrons. The molecule has 15 heavy (non-hydrogen) atoms. The van der Waals surface area contributed by atoms with Crippen LogP contribution >= 0.6 is 0 Å². The van der Waals surface area contributed by atoms with E-state index in [2.05, 4.69) is 23.4 Å². The lowest BCUT2D eigenvalue weighted by Crippen LogP contribution is -2.22. The number of hydrogen-bond donors (Lipinski definition) is 1. The predicted molar refractivity (Wildman–Crippen MR) is 61.1 cm³/mol. The number of aryl methyl sites for hydroxylation is 2. The second-order valence-electron chi connectivity index (χ2n) is 3.75. The molecule has 0 unspecified atom stereocenters. The maximum Gasteiger partial charge on any atom is 0.0596 e. The summed E-state index contributed by atoms with van der Waals surface area (Å²) < 4.78 is 7.01. The predicted octanol–water partition coefficient (Wildman–Crippen LogP) is 1.13. The second kappa shape index (κ2) is 6.58. The zero-order chi connectivity index (χ0) is 11.1. The molecule has 0 fully saturated rings. The van der Waals surface area contributed by atoms with Gasteiger partial charge >= 0.3 is 0 Å². The number of rotatable bonds is 7. The van der Waals surface area contributed by atoms with Crippen LogP contribution in [0, 0.1) is 13.8 Å². The number of aromatic nitrogens is 2. The van der Waals surface area contributed by atoms with Crippen LogP contribution in [0.4, 0.5) is 0 Å². The quantitative estimate of drug-likeness (QED) is 0.687. The topological polar surface area (TPSA) is 39.1 Å². The number of nitrogens with one attached hydrogen (secondary N) is 1. The molecule has 4 heteroatoms. The van der Waals surface area contributed by atoms with E-state index in [0.29, 0.717) is 0 Å². The van der Waals surface area contributed by atoms with Crippen LogP contribution in [0.1, 0.15) is 17.8 Å². The largest absolute Gasteiger partial charge is 0.385 e. The van der Waals surface area contributed by atoms with Crippen molar-refractivity contribution in [3.05, 3.63) is 17.5 Å². The van der Waals surface area contributed by atoms with Gasteiger partial charge in [0.1, 0.15) is 0 Å². The standard InChI is InChI=1S/C11H21N3O/c1-10-9-11(2)14(13-10)7-6-12-5-4-8-15-3/h9,12H,4-8H2,1-3H3. The SMILES string of the molecule is COCCCNCCn1nc(C)cc1C.